The van der Waals surface area contributed by atoms with Crippen molar-refractivity contribution in [3.63, 3.8) is 0 Å². The molecule has 0 amide bonds. The van der Waals surface area contributed by atoms with Crippen LogP contribution in [0.5, 0.6) is 0 Å². The fourth-order valence-electron chi connectivity index (χ4n) is 2.01. The van der Waals surface area contributed by atoms with E-state index in [0.717, 1.165) is 0 Å². The van der Waals surface area contributed by atoms with Gasteiger partial charge in [0.05, 0.1) is 4.90 Å². The number of carbonyl (C=O) groups is 1. The highest BCUT2D eigenvalue weighted by Crippen LogP contribution is 2.29. The molecule has 2 aromatic rings. The van der Waals surface area contributed by atoms with E-state index in [4.69, 9.17) is 0 Å². The molecule has 0 aliphatic carbocycles. The van der Waals surface area contributed by atoms with Gasteiger partial charge < -0.3 is 0 Å². The molecule has 0 N–H and O–H groups in total. The normalized spacial score (nSPS) is 12.9. The quantitative estimate of drug-likeness (QED) is 0.861. The molecule has 2 aromatic carbocycles. The molecule has 0 fully saturated rings. The van der Waals surface area contributed by atoms with E-state index in [1.54, 1.807) is 48.5 Å². The molecule has 19 heavy (non-hydrogen) atoms. The van der Waals surface area contributed by atoms with E-state index in [0.29, 0.717) is 5.56 Å². The highest BCUT2D eigenvalue weighted by molar-refractivity contribution is 7.92. The lowest BCUT2D eigenvalue weighted by molar-refractivity contribution is -0.116. The van der Waals surface area contributed by atoms with Crippen LogP contribution in [0.25, 0.3) is 0 Å². The van der Waals surface area contributed by atoms with Crippen molar-refractivity contribution in [1.82, 2.24) is 0 Å². The van der Waals surface area contributed by atoms with Gasteiger partial charge in [-0.15, -0.1) is 0 Å². The van der Waals surface area contributed by atoms with Gasteiger partial charge in [0.2, 0.25) is 0 Å². The Labute approximate surface area is 112 Å². The number of Topliss-reactive ketones (excluding diaryl/α,β-unsaturated/α-hetero) is 1. The highest BCUT2D eigenvalue weighted by Gasteiger charge is 2.32. The Bertz CT molecular complexity index is 661. The molecule has 0 heterocycles. The number of carbonyl (C=O) groups excluding carboxylic acids is 1. The van der Waals surface area contributed by atoms with Gasteiger partial charge in [0.25, 0.3) is 0 Å². The summed E-state index contributed by atoms with van der Waals surface area (Å²) < 4.78 is 25.1. The molecule has 0 bridgehead atoms. The summed E-state index contributed by atoms with van der Waals surface area (Å²) in [7, 11) is -3.70. The average molecular weight is 274 g/mol. The van der Waals surface area contributed by atoms with Crippen LogP contribution in [0.2, 0.25) is 0 Å². The lowest BCUT2D eigenvalue weighted by Crippen LogP contribution is -2.20. The van der Waals surface area contributed by atoms with Crippen LogP contribution < -0.4 is 0 Å². The fraction of sp³-hybridized carbons (Fsp3) is 0.133. The van der Waals surface area contributed by atoms with Gasteiger partial charge in [0.15, 0.2) is 15.6 Å². The Morgan fingerprint density at radius 2 is 1.37 bits per heavy atom. The maximum atomic E-state index is 12.6. The first kappa shape index (κ1) is 13.5. The Hall–Kier alpha value is -1.94. The van der Waals surface area contributed by atoms with Gasteiger partial charge >= 0.3 is 0 Å². The molecule has 0 saturated carbocycles. The number of rotatable bonds is 4. The third kappa shape index (κ3) is 2.74. The predicted molar refractivity (Wildman–Crippen MR) is 73.5 cm³/mol. The second-order valence-corrected chi connectivity index (χ2v) is 6.29. The van der Waals surface area contributed by atoms with Crippen molar-refractivity contribution in [1.29, 1.82) is 0 Å². The van der Waals surface area contributed by atoms with Gasteiger partial charge in [-0.05, 0) is 24.6 Å². The summed E-state index contributed by atoms with van der Waals surface area (Å²) in [6, 6.07) is 16.6. The van der Waals surface area contributed by atoms with E-state index in [1.165, 1.54) is 19.1 Å². The predicted octanol–water partition coefficient (Wildman–Crippen LogP) is 2.79. The van der Waals surface area contributed by atoms with Crippen molar-refractivity contribution in [2.24, 2.45) is 0 Å². The molecule has 0 aliphatic rings. The molecule has 3 nitrogen and oxygen atoms in total. The molecule has 2 rings (SSSR count). The van der Waals surface area contributed by atoms with Crippen molar-refractivity contribution in [2.45, 2.75) is 17.1 Å². The minimum Gasteiger partial charge on any atom is -0.298 e. The number of sulfone groups is 1. The lowest BCUT2D eigenvalue weighted by Gasteiger charge is -2.15. The third-order valence-corrected chi connectivity index (χ3v) is 5.01. The van der Waals surface area contributed by atoms with Gasteiger partial charge in [-0.3, -0.25) is 4.79 Å². The third-order valence-electron chi connectivity index (χ3n) is 2.85. The molecule has 0 aliphatic heterocycles. The monoisotopic (exact) mass is 274 g/mol. The number of hydrogen-bond donors (Lipinski definition) is 0. The summed E-state index contributed by atoms with van der Waals surface area (Å²) >= 11 is 0. The zero-order chi connectivity index (χ0) is 13.9. The van der Waals surface area contributed by atoms with Crippen LogP contribution in [0.3, 0.4) is 0 Å². The molecule has 1 atom stereocenters. The van der Waals surface area contributed by atoms with Crippen LogP contribution in [0.4, 0.5) is 0 Å². The van der Waals surface area contributed by atoms with Crippen molar-refractivity contribution in [2.75, 3.05) is 0 Å². The molecular weight excluding hydrogens is 260 g/mol. The number of benzene rings is 2. The summed E-state index contributed by atoms with van der Waals surface area (Å²) in [6.45, 7) is 1.30. The van der Waals surface area contributed by atoms with Gasteiger partial charge in [0, 0.05) is 0 Å². The molecule has 4 heteroatoms. The fourth-order valence-corrected chi connectivity index (χ4v) is 3.77. The van der Waals surface area contributed by atoms with E-state index in [1.807, 2.05) is 0 Å². The van der Waals surface area contributed by atoms with Crippen molar-refractivity contribution in [3.8, 4) is 0 Å². The largest absolute Gasteiger partial charge is 0.298 e. The summed E-state index contributed by atoms with van der Waals surface area (Å²) in [6.07, 6.45) is 0. The number of hydrogen-bond acceptors (Lipinski definition) is 3. The maximum Gasteiger partial charge on any atom is 0.192 e. The van der Waals surface area contributed by atoms with Crippen LogP contribution in [0, 0.1) is 0 Å². The summed E-state index contributed by atoms with van der Waals surface area (Å²) in [5.41, 5.74) is 0.499. The topological polar surface area (TPSA) is 51.2 Å². The summed E-state index contributed by atoms with van der Waals surface area (Å²) in [4.78, 5) is 12.0. The van der Waals surface area contributed by atoms with Crippen LogP contribution in [-0.2, 0) is 14.6 Å². The standard InChI is InChI=1S/C15H14O3S/c1-12(16)15(13-8-4-2-5-9-13)19(17,18)14-10-6-3-7-11-14/h2-11,15H,1H3/t15-/m0/s1. The Kier molecular flexibility index (Phi) is 3.81. The van der Waals surface area contributed by atoms with E-state index in [-0.39, 0.29) is 10.7 Å². The van der Waals surface area contributed by atoms with Gasteiger partial charge in [-0.1, -0.05) is 48.5 Å². The minimum absolute atomic E-state index is 0.166. The van der Waals surface area contributed by atoms with Gasteiger partial charge in [0.1, 0.15) is 5.25 Å². The number of ketones is 1. The SMILES string of the molecule is CC(=O)[C@@H](c1ccccc1)S(=O)(=O)c1ccccc1. The Morgan fingerprint density at radius 3 is 1.84 bits per heavy atom. The molecule has 0 spiro atoms. The molecule has 98 valence electrons. The Morgan fingerprint density at radius 1 is 0.895 bits per heavy atom. The van der Waals surface area contributed by atoms with E-state index in [9.17, 15) is 13.2 Å². The Balaban J connectivity index is 2.55. The van der Waals surface area contributed by atoms with Crippen LogP contribution in [0.15, 0.2) is 65.6 Å². The van der Waals surface area contributed by atoms with Crippen molar-refractivity contribution >= 4 is 15.6 Å². The molecule has 0 aromatic heterocycles. The van der Waals surface area contributed by atoms with E-state index < -0.39 is 15.1 Å². The second-order valence-electron chi connectivity index (χ2n) is 4.26. The second kappa shape index (κ2) is 5.36. The summed E-state index contributed by atoms with van der Waals surface area (Å²) in [5.74, 6) is -0.380. The van der Waals surface area contributed by atoms with Crippen LogP contribution in [-0.4, -0.2) is 14.2 Å². The zero-order valence-electron chi connectivity index (χ0n) is 10.5. The summed E-state index contributed by atoms with van der Waals surface area (Å²) in [5, 5.41) is -1.14. The molecule has 0 radical (unpaired) electrons. The lowest BCUT2D eigenvalue weighted by atomic mass is 10.1. The van der Waals surface area contributed by atoms with Gasteiger partial charge in [-0.2, -0.15) is 0 Å². The van der Waals surface area contributed by atoms with E-state index >= 15 is 0 Å². The first-order valence-electron chi connectivity index (χ1n) is 5.88. The van der Waals surface area contributed by atoms with Crippen LogP contribution in [0.1, 0.15) is 17.7 Å². The molecule has 0 saturated heterocycles. The van der Waals surface area contributed by atoms with Crippen molar-refractivity contribution in [3.05, 3.63) is 66.2 Å². The first-order chi connectivity index (χ1) is 9.03. The van der Waals surface area contributed by atoms with Crippen LogP contribution >= 0.6 is 0 Å². The smallest absolute Gasteiger partial charge is 0.192 e. The first-order valence-corrected chi connectivity index (χ1v) is 7.42. The molecular formula is C15H14O3S. The minimum atomic E-state index is -3.70. The molecule has 0 unspecified atom stereocenters. The van der Waals surface area contributed by atoms with Crippen molar-refractivity contribution < 1.29 is 13.2 Å². The maximum absolute atomic E-state index is 12.6. The zero-order valence-corrected chi connectivity index (χ0v) is 11.3. The average Bonchev–Trinajstić information content (AvgIpc) is 2.40. The van der Waals surface area contributed by atoms with E-state index in [2.05, 4.69) is 0 Å². The van der Waals surface area contributed by atoms with Gasteiger partial charge in [-0.25, -0.2) is 8.42 Å². The highest BCUT2D eigenvalue weighted by atomic mass is 32.2.